The van der Waals surface area contributed by atoms with Crippen molar-refractivity contribution in [2.75, 3.05) is 26.2 Å². The zero-order chi connectivity index (χ0) is 20.2. The van der Waals surface area contributed by atoms with E-state index in [1.807, 2.05) is 42.5 Å². The average Bonchev–Trinajstić information content (AvgIpc) is 2.79. The molecule has 2 aromatic rings. The van der Waals surface area contributed by atoms with Gasteiger partial charge in [-0.05, 0) is 55.5 Å². The molecule has 0 aromatic heterocycles. The molecule has 0 heterocycles. The van der Waals surface area contributed by atoms with Crippen molar-refractivity contribution in [2.24, 2.45) is 0 Å². The molecule has 6 heteroatoms. The van der Waals surface area contributed by atoms with Gasteiger partial charge in [-0.1, -0.05) is 61.7 Å². The molecule has 1 saturated carbocycles. The van der Waals surface area contributed by atoms with Crippen LogP contribution in [0.5, 0.6) is 0 Å². The molecule has 1 amide bonds. The van der Waals surface area contributed by atoms with Crippen LogP contribution in [-0.4, -0.2) is 38.1 Å². The Morgan fingerprint density at radius 1 is 0.742 bits per heavy atom. The average molecular weight is 466 g/mol. The van der Waals surface area contributed by atoms with Crippen LogP contribution in [0.25, 0.3) is 11.1 Å². The Labute approximate surface area is 199 Å². The highest BCUT2D eigenvalue weighted by atomic mass is 35.5. The van der Waals surface area contributed by atoms with Crippen LogP contribution in [-0.2, 0) is 0 Å². The van der Waals surface area contributed by atoms with Crippen LogP contribution in [0.4, 0.5) is 0 Å². The molecule has 172 valence electrons. The van der Waals surface area contributed by atoms with Crippen molar-refractivity contribution in [1.29, 1.82) is 0 Å². The molecule has 0 atom stereocenters. The summed E-state index contributed by atoms with van der Waals surface area (Å²) in [6.45, 7) is 3.81. The summed E-state index contributed by atoms with van der Waals surface area (Å²) in [6, 6.07) is 18.8. The first-order chi connectivity index (χ1) is 14.3. The van der Waals surface area contributed by atoms with Gasteiger partial charge in [0.1, 0.15) is 0 Å². The lowest BCUT2D eigenvalue weighted by Crippen LogP contribution is -2.36. The fourth-order valence-electron chi connectivity index (χ4n) is 3.92. The quantitative estimate of drug-likeness (QED) is 0.398. The van der Waals surface area contributed by atoms with Crippen LogP contribution < -0.4 is 16.0 Å². The molecule has 0 saturated heterocycles. The summed E-state index contributed by atoms with van der Waals surface area (Å²) in [5, 5.41) is 10.2. The second-order valence-corrected chi connectivity index (χ2v) is 7.95. The summed E-state index contributed by atoms with van der Waals surface area (Å²) in [4.78, 5) is 12.3. The number of hydrogen-bond acceptors (Lipinski definition) is 3. The molecule has 1 aliphatic carbocycles. The maximum absolute atomic E-state index is 12.3. The topological polar surface area (TPSA) is 53.2 Å². The Morgan fingerprint density at radius 2 is 1.39 bits per heavy atom. The van der Waals surface area contributed by atoms with E-state index < -0.39 is 0 Å². The van der Waals surface area contributed by atoms with E-state index in [2.05, 4.69) is 28.1 Å². The Kier molecular flexibility index (Phi) is 14.3. The van der Waals surface area contributed by atoms with Crippen molar-refractivity contribution in [3.63, 3.8) is 0 Å². The summed E-state index contributed by atoms with van der Waals surface area (Å²) < 4.78 is 0. The van der Waals surface area contributed by atoms with Gasteiger partial charge in [-0.15, -0.1) is 24.8 Å². The lowest BCUT2D eigenvalue weighted by molar-refractivity contribution is 0.0953. The summed E-state index contributed by atoms with van der Waals surface area (Å²) in [7, 11) is 0. The molecule has 0 aliphatic heterocycles. The molecule has 31 heavy (non-hydrogen) atoms. The van der Waals surface area contributed by atoms with Crippen molar-refractivity contribution in [3.05, 3.63) is 60.2 Å². The number of nitrogens with one attached hydrogen (secondary N) is 3. The van der Waals surface area contributed by atoms with E-state index in [4.69, 9.17) is 0 Å². The molecule has 3 N–H and O–H groups in total. The Hall–Kier alpha value is -1.59. The van der Waals surface area contributed by atoms with E-state index in [9.17, 15) is 4.79 Å². The number of amides is 1. The lowest BCUT2D eigenvalue weighted by atomic mass is 9.95. The highest BCUT2D eigenvalue weighted by Gasteiger charge is 2.11. The highest BCUT2D eigenvalue weighted by Crippen LogP contribution is 2.19. The van der Waals surface area contributed by atoms with Gasteiger partial charge in [0.15, 0.2) is 0 Å². The monoisotopic (exact) mass is 465 g/mol. The third-order valence-corrected chi connectivity index (χ3v) is 5.66. The number of rotatable bonds is 11. The van der Waals surface area contributed by atoms with Gasteiger partial charge >= 0.3 is 0 Å². The van der Waals surface area contributed by atoms with Crippen LogP contribution in [0, 0.1) is 0 Å². The molecule has 0 unspecified atom stereocenters. The number of benzene rings is 2. The van der Waals surface area contributed by atoms with Crippen molar-refractivity contribution in [3.8, 4) is 11.1 Å². The molecular formula is C25H37Cl2N3O. The standard InChI is InChI=1S/C25H35N3O.2ClH/c29-25(23-15-13-22(14-16-23)21-9-3-1-4-10-21)28-18-8-7-17-26-19-20-27-24-11-5-2-6-12-24;;/h1,3-4,9-10,13-16,24,26-27H,2,5-8,11-12,17-20H2,(H,28,29);2*1H. The fourth-order valence-corrected chi connectivity index (χ4v) is 3.92. The van der Waals surface area contributed by atoms with E-state index in [0.29, 0.717) is 0 Å². The zero-order valence-electron chi connectivity index (χ0n) is 18.3. The summed E-state index contributed by atoms with van der Waals surface area (Å²) in [5.74, 6) is 0.00857. The molecule has 1 aliphatic rings. The summed E-state index contributed by atoms with van der Waals surface area (Å²) in [5.41, 5.74) is 3.02. The maximum atomic E-state index is 12.3. The Balaban J connectivity index is 0.00000240. The smallest absolute Gasteiger partial charge is 0.251 e. The van der Waals surface area contributed by atoms with Crippen molar-refractivity contribution < 1.29 is 4.79 Å². The number of carbonyl (C=O) groups excluding carboxylic acids is 1. The van der Waals surface area contributed by atoms with E-state index in [0.717, 1.165) is 56.2 Å². The van der Waals surface area contributed by atoms with E-state index in [-0.39, 0.29) is 30.7 Å². The predicted octanol–water partition coefficient (Wildman–Crippen LogP) is 5.22. The minimum absolute atomic E-state index is 0. The second-order valence-electron chi connectivity index (χ2n) is 7.95. The number of unbranched alkanes of at least 4 members (excludes halogenated alkanes) is 1. The van der Waals surface area contributed by atoms with E-state index in [1.165, 1.54) is 37.7 Å². The first-order valence-electron chi connectivity index (χ1n) is 11.2. The predicted molar refractivity (Wildman–Crippen MR) is 136 cm³/mol. The van der Waals surface area contributed by atoms with Crippen molar-refractivity contribution in [1.82, 2.24) is 16.0 Å². The zero-order valence-corrected chi connectivity index (χ0v) is 19.9. The van der Waals surface area contributed by atoms with Crippen LogP contribution in [0.2, 0.25) is 0 Å². The molecule has 2 aromatic carbocycles. The lowest BCUT2D eigenvalue weighted by Gasteiger charge is -2.22. The maximum Gasteiger partial charge on any atom is 0.251 e. The van der Waals surface area contributed by atoms with Gasteiger partial charge in [-0.3, -0.25) is 4.79 Å². The van der Waals surface area contributed by atoms with Gasteiger partial charge in [0, 0.05) is 31.2 Å². The minimum Gasteiger partial charge on any atom is -0.352 e. The highest BCUT2D eigenvalue weighted by molar-refractivity contribution is 5.94. The fraction of sp³-hybridized carbons (Fsp3) is 0.480. The van der Waals surface area contributed by atoms with Crippen molar-refractivity contribution in [2.45, 2.75) is 51.0 Å². The van der Waals surface area contributed by atoms with Gasteiger partial charge in [0.25, 0.3) is 5.91 Å². The number of hydrogen-bond donors (Lipinski definition) is 3. The SMILES string of the molecule is Cl.Cl.O=C(NCCCCNCCNC1CCCCC1)c1ccc(-c2ccccc2)cc1. The third kappa shape index (κ3) is 10.0. The van der Waals surface area contributed by atoms with E-state index in [1.54, 1.807) is 0 Å². The normalized spacial score (nSPS) is 13.7. The van der Waals surface area contributed by atoms with Gasteiger partial charge in [-0.2, -0.15) is 0 Å². The first-order valence-corrected chi connectivity index (χ1v) is 11.2. The Morgan fingerprint density at radius 3 is 2.10 bits per heavy atom. The molecule has 1 fully saturated rings. The molecular weight excluding hydrogens is 429 g/mol. The van der Waals surface area contributed by atoms with Crippen LogP contribution in [0.1, 0.15) is 55.3 Å². The minimum atomic E-state index is 0. The molecule has 0 spiro atoms. The number of carbonyl (C=O) groups is 1. The van der Waals surface area contributed by atoms with Crippen LogP contribution >= 0.6 is 24.8 Å². The van der Waals surface area contributed by atoms with Gasteiger partial charge in [0.05, 0.1) is 0 Å². The second kappa shape index (κ2) is 16.1. The largest absolute Gasteiger partial charge is 0.352 e. The Bertz CT molecular complexity index is 719. The third-order valence-electron chi connectivity index (χ3n) is 5.66. The summed E-state index contributed by atoms with van der Waals surface area (Å²) >= 11 is 0. The molecule has 0 bridgehead atoms. The van der Waals surface area contributed by atoms with Gasteiger partial charge in [-0.25, -0.2) is 0 Å². The van der Waals surface area contributed by atoms with Gasteiger partial charge < -0.3 is 16.0 Å². The molecule has 0 radical (unpaired) electrons. The van der Waals surface area contributed by atoms with Crippen molar-refractivity contribution >= 4 is 30.7 Å². The number of halogens is 2. The molecule has 4 nitrogen and oxygen atoms in total. The molecule has 3 rings (SSSR count). The first kappa shape index (κ1) is 27.4. The van der Waals surface area contributed by atoms with Crippen LogP contribution in [0.3, 0.4) is 0 Å². The van der Waals surface area contributed by atoms with Gasteiger partial charge in [0.2, 0.25) is 0 Å². The summed E-state index contributed by atoms with van der Waals surface area (Å²) in [6.07, 6.45) is 8.94. The van der Waals surface area contributed by atoms with Crippen LogP contribution in [0.15, 0.2) is 54.6 Å². The van der Waals surface area contributed by atoms with E-state index >= 15 is 0 Å².